The SMILES string of the molecule is C[C@@H](C(=O)Nc1ccccc1OC(F)F)[NH+]1CCN(c2ccccc2)CC1. The van der Waals surface area contributed by atoms with Crippen molar-refractivity contribution in [3.63, 3.8) is 0 Å². The maximum Gasteiger partial charge on any atom is 0.387 e. The molecule has 1 saturated heterocycles. The Morgan fingerprint density at radius 2 is 1.70 bits per heavy atom. The molecule has 1 aliphatic heterocycles. The number of benzene rings is 2. The summed E-state index contributed by atoms with van der Waals surface area (Å²) in [6.45, 7) is 2.32. The van der Waals surface area contributed by atoms with Crippen molar-refractivity contribution in [1.82, 2.24) is 0 Å². The summed E-state index contributed by atoms with van der Waals surface area (Å²) >= 11 is 0. The van der Waals surface area contributed by atoms with Gasteiger partial charge in [-0.3, -0.25) is 4.79 Å². The number of amides is 1. The maximum absolute atomic E-state index is 12.6. The summed E-state index contributed by atoms with van der Waals surface area (Å²) in [5.74, 6) is -0.236. The van der Waals surface area contributed by atoms with E-state index in [0.29, 0.717) is 0 Å². The van der Waals surface area contributed by atoms with Crippen LogP contribution in [0.2, 0.25) is 0 Å². The summed E-state index contributed by atoms with van der Waals surface area (Å²) in [5, 5.41) is 2.72. The molecule has 1 aliphatic rings. The van der Waals surface area contributed by atoms with E-state index in [1.807, 2.05) is 25.1 Å². The number of hydrogen-bond acceptors (Lipinski definition) is 3. The third kappa shape index (κ3) is 4.95. The second kappa shape index (κ2) is 8.81. The van der Waals surface area contributed by atoms with Crippen molar-refractivity contribution in [1.29, 1.82) is 0 Å². The molecule has 0 spiro atoms. The number of piperazine rings is 1. The summed E-state index contributed by atoms with van der Waals surface area (Å²) < 4.78 is 29.5. The topological polar surface area (TPSA) is 46.0 Å². The van der Waals surface area contributed by atoms with Gasteiger partial charge < -0.3 is 19.9 Å². The number of ether oxygens (including phenoxy) is 1. The van der Waals surface area contributed by atoms with Crippen molar-refractivity contribution in [2.75, 3.05) is 36.4 Å². The van der Waals surface area contributed by atoms with Crippen molar-refractivity contribution in [3.8, 4) is 5.75 Å². The molecular weight excluding hydrogens is 352 g/mol. The first kappa shape index (κ1) is 19.1. The van der Waals surface area contributed by atoms with Gasteiger partial charge in [-0.2, -0.15) is 8.78 Å². The molecule has 144 valence electrons. The minimum Gasteiger partial charge on any atom is -0.433 e. The van der Waals surface area contributed by atoms with Crippen LogP contribution in [0.25, 0.3) is 0 Å². The highest BCUT2D eigenvalue weighted by Gasteiger charge is 2.29. The number of para-hydroxylation sites is 3. The Labute approximate surface area is 157 Å². The molecule has 1 heterocycles. The van der Waals surface area contributed by atoms with Gasteiger partial charge in [-0.25, -0.2) is 0 Å². The molecule has 1 atom stereocenters. The van der Waals surface area contributed by atoms with Crippen LogP contribution in [0, 0.1) is 0 Å². The smallest absolute Gasteiger partial charge is 0.387 e. The predicted molar refractivity (Wildman–Crippen MR) is 101 cm³/mol. The number of nitrogens with one attached hydrogen (secondary N) is 2. The van der Waals surface area contributed by atoms with Gasteiger partial charge in [0.25, 0.3) is 5.91 Å². The molecule has 7 heteroatoms. The molecule has 1 amide bonds. The van der Waals surface area contributed by atoms with Crippen LogP contribution in [0.1, 0.15) is 6.92 Å². The molecule has 0 bridgehead atoms. The molecule has 0 aliphatic carbocycles. The minimum atomic E-state index is -2.93. The van der Waals surface area contributed by atoms with Crippen molar-refractivity contribution in [2.45, 2.75) is 19.6 Å². The van der Waals surface area contributed by atoms with Crippen LogP contribution >= 0.6 is 0 Å². The lowest BCUT2D eigenvalue weighted by Crippen LogP contribution is -3.19. The van der Waals surface area contributed by atoms with Gasteiger partial charge in [0, 0.05) is 5.69 Å². The summed E-state index contributed by atoms with van der Waals surface area (Å²) in [4.78, 5) is 16.1. The first-order valence-corrected chi connectivity index (χ1v) is 9.04. The molecule has 0 aromatic heterocycles. The lowest BCUT2D eigenvalue weighted by Gasteiger charge is -2.36. The number of quaternary nitrogens is 1. The number of nitrogens with zero attached hydrogens (tertiary/aromatic N) is 1. The molecule has 0 saturated carbocycles. The fourth-order valence-electron chi connectivity index (χ4n) is 3.32. The second-order valence-corrected chi connectivity index (χ2v) is 6.57. The monoisotopic (exact) mass is 376 g/mol. The van der Waals surface area contributed by atoms with E-state index in [-0.39, 0.29) is 23.4 Å². The van der Waals surface area contributed by atoms with Crippen LogP contribution in [0.15, 0.2) is 54.6 Å². The zero-order valence-corrected chi connectivity index (χ0v) is 15.2. The van der Waals surface area contributed by atoms with E-state index in [4.69, 9.17) is 0 Å². The van der Waals surface area contributed by atoms with Crippen LogP contribution in [0.4, 0.5) is 20.2 Å². The van der Waals surface area contributed by atoms with Gasteiger partial charge in [0.05, 0.1) is 31.9 Å². The van der Waals surface area contributed by atoms with Crippen LogP contribution in [-0.4, -0.2) is 44.7 Å². The summed E-state index contributed by atoms with van der Waals surface area (Å²) in [5.41, 5.74) is 1.45. The maximum atomic E-state index is 12.6. The van der Waals surface area contributed by atoms with Crippen molar-refractivity contribution in [2.24, 2.45) is 0 Å². The molecule has 3 rings (SSSR count). The van der Waals surface area contributed by atoms with Gasteiger partial charge in [0.2, 0.25) is 0 Å². The quantitative estimate of drug-likeness (QED) is 0.811. The summed E-state index contributed by atoms with van der Waals surface area (Å²) in [6, 6.07) is 16.1. The van der Waals surface area contributed by atoms with Crippen LogP contribution in [-0.2, 0) is 4.79 Å². The third-order valence-electron chi connectivity index (χ3n) is 4.89. The molecule has 2 aromatic rings. The molecule has 2 aromatic carbocycles. The van der Waals surface area contributed by atoms with Gasteiger partial charge in [-0.1, -0.05) is 30.3 Å². The van der Waals surface area contributed by atoms with Crippen LogP contribution in [0.3, 0.4) is 0 Å². The second-order valence-electron chi connectivity index (χ2n) is 6.57. The molecule has 27 heavy (non-hydrogen) atoms. The highest BCUT2D eigenvalue weighted by molar-refractivity contribution is 5.94. The Kier molecular flexibility index (Phi) is 6.24. The number of anilines is 2. The Bertz CT molecular complexity index is 750. The molecule has 0 unspecified atom stereocenters. The first-order valence-electron chi connectivity index (χ1n) is 9.04. The van der Waals surface area contributed by atoms with Gasteiger partial charge in [0.15, 0.2) is 6.04 Å². The number of alkyl halides is 2. The number of carbonyl (C=O) groups excluding carboxylic acids is 1. The Morgan fingerprint density at radius 3 is 2.37 bits per heavy atom. The number of halogens is 2. The molecule has 0 radical (unpaired) electrons. The fourth-order valence-corrected chi connectivity index (χ4v) is 3.32. The fraction of sp³-hybridized carbons (Fsp3) is 0.350. The van der Waals surface area contributed by atoms with E-state index in [2.05, 4.69) is 27.1 Å². The van der Waals surface area contributed by atoms with Crippen molar-refractivity contribution in [3.05, 3.63) is 54.6 Å². The largest absolute Gasteiger partial charge is 0.433 e. The highest BCUT2D eigenvalue weighted by atomic mass is 19.3. The lowest BCUT2D eigenvalue weighted by atomic mass is 10.2. The molecule has 2 N–H and O–H groups in total. The van der Waals surface area contributed by atoms with E-state index in [1.54, 1.807) is 18.2 Å². The zero-order valence-electron chi connectivity index (χ0n) is 15.2. The Hall–Kier alpha value is -2.67. The van der Waals surface area contributed by atoms with Crippen molar-refractivity contribution < 1.29 is 23.2 Å². The average molecular weight is 376 g/mol. The van der Waals surface area contributed by atoms with Crippen LogP contribution < -0.4 is 19.9 Å². The Morgan fingerprint density at radius 1 is 1.07 bits per heavy atom. The van der Waals surface area contributed by atoms with Gasteiger partial charge in [0.1, 0.15) is 5.75 Å². The zero-order chi connectivity index (χ0) is 19.2. The van der Waals surface area contributed by atoms with E-state index < -0.39 is 6.61 Å². The third-order valence-corrected chi connectivity index (χ3v) is 4.89. The first-order chi connectivity index (χ1) is 13.0. The summed E-state index contributed by atoms with van der Waals surface area (Å²) in [6.07, 6.45) is 0. The van der Waals surface area contributed by atoms with E-state index in [1.165, 1.54) is 16.7 Å². The van der Waals surface area contributed by atoms with E-state index in [0.717, 1.165) is 26.2 Å². The van der Waals surface area contributed by atoms with Gasteiger partial charge in [-0.05, 0) is 31.2 Å². The normalized spacial score (nSPS) is 16.2. The van der Waals surface area contributed by atoms with Crippen molar-refractivity contribution >= 4 is 17.3 Å². The number of carbonyl (C=O) groups is 1. The van der Waals surface area contributed by atoms with E-state index >= 15 is 0 Å². The lowest BCUT2D eigenvalue weighted by molar-refractivity contribution is -0.914. The molecular formula is C20H24F2N3O2+. The minimum absolute atomic E-state index is 0.0306. The molecule has 1 fully saturated rings. The number of rotatable bonds is 6. The van der Waals surface area contributed by atoms with E-state index in [9.17, 15) is 13.6 Å². The van der Waals surface area contributed by atoms with Crippen LogP contribution in [0.5, 0.6) is 5.75 Å². The highest BCUT2D eigenvalue weighted by Crippen LogP contribution is 2.25. The number of hydrogen-bond donors (Lipinski definition) is 2. The standard InChI is InChI=1S/C20H23F2N3O2/c1-15(19(26)23-17-9-5-6-10-18(17)27-20(21)22)24-11-13-25(14-12-24)16-7-3-2-4-8-16/h2-10,15,20H,11-14H2,1H3,(H,23,26)/p+1/t15-/m0/s1. The Balaban J connectivity index is 1.57. The average Bonchev–Trinajstić information content (AvgIpc) is 2.69. The predicted octanol–water partition coefficient (Wildman–Crippen LogP) is 2.02. The van der Waals surface area contributed by atoms with Gasteiger partial charge in [-0.15, -0.1) is 0 Å². The molecule has 5 nitrogen and oxygen atoms in total. The van der Waals surface area contributed by atoms with Gasteiger partial charge >= 0.3 is 6.61 Å². The summed E-state index contributed by atoms with van der Waals surface area (Å²) in [7, 11) is 0.